The largest absolute Gasteiger partial charge is 0.378 e. The van der Waals surface area contributed by atoms with Gasteiger partial charge in [0.2, 0.25) is 21.8 Å². The molecule has 0 saturated heterocycles. The smallest absolute Gasteiger partial charge is 0.311 e. The van der Waals surface area contributed by atoms with E-state index in [0.717, 1.165) is 11.8 Å². The molecule has 4 rings (SSSR count). The zero-order valence-electron chi connectivity index (χ0n) is 18.0. The van der Waals surface area contributed by atoms with Gasteiger partial charge in [0.1, 0.15) is 11.5 Å². The Kier molecular flexibility index (Phi) is 6.14. The minimum Gasteiger partial charge on any atom is -0.378 e. The molecule has 0 aliphatic rings. The van der Waals surface area contributed by atoms with Crippen LogP contribution in [0.1, 0.15) is 0 Å². The van der Waals surface area contributed by atoms with Crippen molar-refractivity contribution in [1.82, 2.24) is 19.4 Å². The molecule has 4 aromatic rings. The van der Waals surface area contributed by atoms with Gasteiger partial charge in [-0.15, -0.1) is 0 Å². The topological polar surface area (TPSA) is 182 Å². The summed E-state index contributed by atoms with van der Waals surface area (Å²) in [7, 11) is -3.36. The van der Waals surface area contributed by atoms with Gasteiger partial charge in [-0.3, -0.25) is 19.2 Å². The Morgan fingerprint density at radius 3 is 2.50 bits per heavy atom. The minimum absolute atomic E-state index is 0.157. The quantitative estimate of drug-likeness (QED) is 0.156. The average Bonchev–Trinajstić information content (AvgIpc) is 3.25. The Morgan fingerprint density at radius 1 is 1.09 bits per heavy atom. The van der Waals surface area contributed by atoms with Crippen LogP contribution in [-0.2, 0) is 10.0 Å². The highest BCUT2D eigenvalue weighted by atomic mass is 32.2. The molecule has 1 aromatic carbocycles. The van der Waals surface area contributed by atoms with E-state index >= 15 is 0 Å². The van der Waals surface area contributed by atoms with Gasteiger partial charge >= 0.3 is 5.69 Å². The van der Waals surface area contributed by atoms with E-state index in [-0.39, 0.29) is 11.5 Å². The van der Waals surface area contributed by atoms with E-state index in [4.69, 9.17) is 5.73 Å². The van der Waals surface area contributed by atoms with Crippen LogP contribution in [0.3, 0.4) is 0 Å². The first-order valence-corrected chi connectivity index (χ1v) is 11.9. The molecule has 0 saturated carbocycles. The molecule has 13 nitrogen and oxygen atoms in total. The number of hydrogen-bond donors (Lipinski definition) is 4. The van der Waals surface area contributed by atoms with E-state index in [1.54, 1.807) is 41.1 Å². The van der Waals surface area contributed by atoms with Gasteiger partial charge < -0.3 is 16.4 Å². The van der Waals surface area contributed by atoms with Crippen molar-refractivity contribution >= 4 is 44.6 Å². The number of sulfonamides is 1. The maximum absolute atomic E-state index is 11.4. The third-order valence-corrected chi connectivity index (χ3v) is 5.29. The molecule has 0 aliphatic carbocycles. The van der Waals surface area contributed by atoms with E-state index in [1.165, 1.54) is 12.1 Å². The Labute approximate surface area is 194 Å². The fourth-order valence-corrected chi connectivity index (χ4v) is 3.77. The van der Waals surface area contributed by atoms with E-state index < -0.39 is 14.9 Å². The highest BCUT2D eigenvalue weighted by Gasteiger charge is 2.13. The van der Waals surface area contributed by atoms with E-state index in [9.17, 15) is 18.5 Å². The number of aromatic nitrogens is 4. The monoisotopic (exact) mass is 483 g/mol. The molecule has 0 atom stereocenters. The maximum Gasteiger partial charge on any atom is 0.311 e. The molecule has 3 aromatic heterocycles. The molecule has 0 fully saturated rings. The van der Waals surface area contributed by atoms with Crippen molar-refractivity contribution in [2.45, 2.75) is 0 Å². The number of nitro groups is 1. The molecular weight excluding hydrogens is 462 g/mol. The molecular formula is C20H21N9O4S. The van der Waals surface area contributed by atoms with Crippen molar-refractivity contribution < 1.29 is 13.3 Å². The van der Waals surface area contributed by atoms with Crippen LogP contribution >= 0.6 is 0 Å². The maximum atomic E-state index is 11.4. The summed E-state index contributed by atoms with van der Waals surface area (Å²) in [6.07, 6.45) is 4.53. The Morgan fingerprint density at radius 2 is 1.82 bits per heavy atom. The third kappa shape index (κ3) is 5.29. The summed E-state index contributed by atoms with van der Waals surface area (Å²) in [5, 5.41) is 17.1. The second-order valence-corrected chi connectivity index (χ2v) is 9.03. The lowest BCUT2D eigenvalue weighted by molar-refractivity contribution is -0.384. The van der Waals surface area contributed by atoms with Crippen LogP contribution in [0, 0.1) is 10.1 Å². The van der Waals surface area contributed by atoms with Crippen molar-refractivity contribution in [3.63, 3.8) is 0 Å². The lowest BCUT2D eigenvalue weighted by atomic mass is 10.1. The van der Waals surface area contributed by atoms with Crippen LogP contribution in [-0.4, -0.2) is 52.0 Å². The predicted octanol–water partition coefficient (Wildman–Crippen LogP) is 2.18. The number of rotatable bonds is 9. The van der Waals surface area contributed by atoms with Gasteiger partial charge in [-0.05, 0) is 18.2 Å². The molecule has 14 heteroatoms. The molecule has 0 spiro atoms. The minimum atomic E-state index is -3.36. The van der Waals surface area contributed by atoms with Gasteiger partial charge in [-0.25, -0.2) is 23.4 Å². The number of imidazole rings is 1. The van der Waals surface area contributed by atoms with Crippen molar-refractivity contribution in [2.24, 2.45) is 0 Å². The summed E-state index contributed by atoms with van der Waals surface area (Å²) < 4.78 is 27.0. The third-order valence-electron chi connectivity index (χ3n) is 4.69. The van der Waals surface area contributed by atoms with Crippen LogP contribution in [0.5, 0.6) is 0 Å². The normalized spacial score (nSPS) is 11.3. The fraction of sp³-hybridized carbons (Fsp3) is 0.150. The number of anilines is 4. The zero-order chi connectivity index (χ0) is 24.3. The van der Waals surface area contributed by atoms with E-state index in [0.29, 0.717) is 41.9 Å². The molecule has 3 heterocycles. The Hall–Kier alpha value is -4.46. The van der Waals surface area contributed by atoms with Crippen molar-refractivity contribution in [3.05, 3.63) is 65.0 Å². The Balaban J connectivity index is 1.46. The fourth-order valence-electron chi connectivity index (χ4n) is 3.20. The Bertz CT molecular complexity index is 1450. The molecule has 5 N–H and O–H groups in total. The highest BCUT2D eigenvalue weighted by molar-refractivity contribution is 7.92. The van der Waals surface area contributed by atoms with Gasteiger partial charge in [0.25, 0.3) is 0 Å². The number of pyridine rings is 1. The number of nitrogens with two attached hydrogens (primary N) is 1. The average molecular weight is 484 g/mol. The first-order valence-electron chi connectivity index (χ1n) is 10.0. The second kappa shape index (κ2) is 9.19. The zero-order valence-corrected chi connectivity index (χ0v) is 18.8. The summed E-state index contributed by atoms with van der Waals surface area (Å²) in [6, 6.07) is 11.5. The lowest BCUT2D eigenvalue weighted by Gasteiger charge is -2.12. The predicted molar refractivity (Wildman–Crippen MR) is 129 cm³/mol. The van der Waals surface area contributed by atoms with Crippen LogP contribution in [0.15, 0.2) is 54.9 Å². The van der Waals surface area contributed by atoms with Gasteiger partial charge in [-0.2, -0.15) is 0 Å². The second-order valence-electron chi connectivity index (χ2n) is 7.28. The SMILES string of the molecule is CS(=O)(=O)Nc1ccc(-c2cc3nccn3c(NCCNc3ccc([N+](=O)[O-])c(N)n3)n2)cc1. The summed E-state index contributed by atoms with van der Waals surface area (Å²) in [4.78, 5) is 23.3. The summed E-state index contributed by atoms with van der Waals surface area (Å²) in [6.45, 7) is 0.901. The van der Waals surface area contributed by atoms with Crippen LogP contribution in [0.25, 0.3) is 16.9 Å². The number of fused-ring (bicyclic) bond motifs is 1. The van der Waals surface area contributed by atoms with Crippen LogP contribution in [0.4, 0.5) is 29.0 Å². The standard InChI is InChI=1S/C20H21N9O4S/c1-34(32,33)27-14-4-2-13(3-5-14)15-12-18-23-10-11-28(18)20(25-15)24-9-8-22-17-7-6-16(29(30)31)19(21)26-17/h2-7,10-12,27H,8-9H2,1H3,(H,24,25)(H3,21,22,26). The van der Waals surface area contributed by atoms with E-state index in [2.05, 4.69) is 30.3 Å². The van der Waals surface area contributed by atoms with Gasteiger partial charge in [0.15, 0.2) is 0 Å². The number of nitrogen functional groups attached to an aromatic ring is 1. The molecule has 176 valence electrons. The number of benzene rings is 1. The van der Waals surface area contributed by atoms with Gasteiger partial charge in [0, 0.05) is 48.9 Å². The van der Waals surface area contributed by atoms with E-state index in [1.807, 2.05) is 6.07 Å². The number of nitrogens with one attached hydrogen (secondary N) is 3. The first-order chi connectivity index (χ1) is 16.2. The van der Waals surface area contributed by atoms with Crippen molar-refractivity contribution in [3.8, 4) is 11.3 Å². The van der Waals surface area contributed by atoms with Gasteiger partial charge in [-0.1, -0.05) is 12.1 Å². The van der Waals surface area contributed by atoms with Crippen LogP contribution < -0.4 is 21.1 Å². The highest BCUT2D eigenvalue weighted by Crippen LogP contribution is 2.24. The summed E-state index contributed by atoms with van der Waals surface area (Å²) in [5.74, 6) is 0.818. The first kappa shape index (κ1) is 22.7. The molecule has 0 unspecified atom stereocenters. The molecule has 0 bridgehead atoms. The van der Waals surface area contributed by atoms with Crippen molar-refractivity contribution in [1.29, 1.82) is 0 Å². The summed E-state index contributed by atoms with van der Waals surface area (Å²) >= 11 is 0. The molecule has 0 aliphatic heterocycles. The van der Waals surface area contributed by atoms with Crippen LogP contribution in [0.2, 0.25) is 0 Å². The lowest BCUT2D eigenvalue weighted by Crippen LogP contribution is -2.17. The number of nitrogens with zero attached hydrogens (tertiary/aromatic N) is 5. The molecule has 0 amide bonds. The van der Waals surface area contributed by atoms with Crippen molar-refractivity contribution in [2.75, 3.05) is 40.4 Å². The molecule has 0 radical (unpaired) electrons. The molecule has 34 heavy (non-hydrogen) atoms. The summed E-state index contributed by atoms with van der Waals surface area (Å²) in [5.41, 5.74) is 7.96. The van der Waals surface area contributed by atoms with Gasteiger partial charge in [0.05, 0.1) is 16.9 Å². The number of hydrogen-bond acceptors (Lipinski definition) is 10.